The van der Waals surface area contributed by atoms with Gasteiger partial charge in [-0.1, -0.05) is 23.7 Å². The SMILES string of the molecule is CCOC(=O)[C@H]1C(=O)NC(N2CCN(c3ccc(Cl)cc3)CC2)=N[C@@H]1c1cccc([N+](=O)[O-])c1. The van der Waals surface area contributed by atoms with E-state index in [0.29, 0.717) is 42.7 Å². The number of carbonyl (C=O) groups is 2. The number of nitro groups is 1. The number of ether oxygens (including phenoxy) is 1. The minimum Gasteiger partial charge on any atom is -0.465 e. The molecule has 0 aliphatic carbocycles. The highest BCUT2D eigenvalue weighted by atomic mass is 35.5. The van der Waals surface area contributed by atoms with E-state index in [1.54, 1.807) is 13.0 Å². The molecule has 178 valence electrons. The number of benzene rings is 2. The van der Waals surface area contributed by atoms with E-state index in [-0.39, 0.29) is 12.3 Å². The van der Waals surface area contributed by atoms with Gasteiger partial charge in [0.05, 0.1) is 11.5 Å². The topological polar surface area (TPSA) is 117 Å². The molecule has 2 aliphatic heterocycles. The molecule has 2 aromatic carbocycles. The number of esters is 1. The third-order valence-electron chi connectivity index (χ3n) is 5.83. The highest BCUT2D eigenvalue weighted by Crippen LogP contribution is 2.33. The summed E-state index contributed by atoms with van der Waals surface area (Å²) < 4.78 is 5.10. The van der Waals surface area contributed by atoms with Crippen LogP contribution in [-0.4, -0.2) is 60.4 Å². The van der Waals surface area contributed by atoms with Crippen LogP contribution in [0, 0.1) is 16.0 Å². The van der Waals surface area contributed by atoms with E-state index in [9.17, 15) is 19.7 Å². The first-order valence-corrected chi connectivity index (χ1v) is 11.3. The maximum Gasteiger partial charge on any atom is 0.321 e. The minimum absolute atomic E-state index is 0.105. The molecule has 4 rings (SSSR count). The second kappa shape index (κ2) is 10.1. The standard InChI is InChI=1S/C23H24ClN5O5/c1-2-34-22(31)19-20(15-4-3-5-18(14-15)29(32)33)25-23(26-21(19)30)28-12-10-27(11-13-28)17-8-6-16(24)7-9-17/h3-9,14,19-20H,2,10-13H2,1H3,(H,25,26,30)/t19-,20-/m1/s1. The van der Waals surface area contributed by atoms with Crippen LogP contribution in [0.15, 0.2) is 53.5 Å². The number of nitro benzene ring substituents is 1. The molecule has 34 heavy (non-hydrogen) atoms. The number of nitrogens with zero attached hydrogens (tertiary/aromatic N) is 4. The Hall–Kier alpha value is -3.66. The van der Waals surface area contributed by atoms with Crippen molar-refractivity contribution in [1.29, 1.82) is 0 Å². The Morgan fingerprint density at radius 3 is 2.50 bits per heavy atom. The van der Waals surface area contributed by atoms with Crippen molar-refractivity contribution in [2.45, 2.75) is 13.0 Å². The lowest BCUT2D eigenvalue weighted by Gasteiger charge is -2.39. The number of rotatable bonds is 5. The molecule has 2 aromatic rings. The lowest BCUT2D eigenvalue weighted by molar-refractivity contribution is -0.384. The fraction of sp³-hybridized carbons (Fsp3) is 0.348. The number of non-ortho nitro benzene ring substituents is 1. The van der Waals surface area contributed by atoms with Crippen molar-refractivity contribution in [2.75, 3.05) is 37.7 Å². The Kier molecular flexibility index (Phi) is 6.97. The average Bonchev–Trinajstić information content (AvgIpc) is 2.84. The monoisotopic (exact) mass is 485 g/mol. The van der Waals surface area contributed by atoms with Crippen LogP contribution >= 0.6 is 11.6 Å². The van der Waals surface area contributed by atoms with Crippen molar-refractivity contribution >= 4 is 40.8 Å². The summed E-state index contributed by atoms with van der Waals surface area (Å²) in [5.41, 5.74) is 1.31. The van der Waals surface area contributed by atoms with Crippen LogP contribution in [0.2, 0.25) is 5.02 Å². The van der Waals surface area contributed by atoms with Crippen LogP contribution in [0.25, 0.3) is 0 Å². The summed E-state index contributed by atoms with van der Waals surface area (Å²) in [6.07, 6.45) is 0. The molecule has 1 fully saturated rings. The first-order chi connectivity index (χ1) is 16.4. The molecule has 1 amide bonds. The highest BCUT2D eigenvalue weighted by Gasteiger charge is 2.42. The van der Waals surface area contributed by atoms with E-state index in [0.717, 1.165) is 5.69 Å². The summed E-state index contributed by atoms with van der Waals surface area (Å²) in [4.78, 5) is 45.2. The number of piperazine rings is 1. The minimum atomic E-state index is -1.24. The maximum absolute atomic E-state index is 13.0. The molecule has 0 unspecified atom stereocenters. The van der Waals surface area contributed by atoms with Crippen molar-refractivity contribution in [2.24, 2.45) is 10.9 Å². The summed E-state index contributed by atoms with van der Waals surface area (Å²) >= 11 is 5.98. The van der Waals surface area contributed by atoms with Crippen molar-refractivity contribution in [3.05, 3.63) is 69.2 Å². The molecule has 2 atom stereocenters. The summed E-state index contributed by atoms with van der Waals surface area (Å²) in [6, 6.07) is 12.5. The number of halogens is 1. The predicted molar refractivity (Wildman–Crippen MR) is 127 cm³/mol. The molecule has 0 aromatic heterocycles. The molecule has 2 heterocycles. The number of hydrogen-bond acceptors (Lipinski definition) is 8. The van der Waals surface area contributed by atoms with Gasteiger partial charge < -0.3 is 14.5 Å². The molecule has 1 N–H and O–H groups in total. The summed E-state index contributed by atoms with van der Waals surface area (Å²) in [6.45, 7) is 4.32. The molecular formula is C23H24ClN5O5. The number of amides is 1. The molecule has 0 saturated carbocycles. The van der Waals surface area contributed by atoms with Gasteiger partial charge in [-0.2, -0.15) is 0 Å². The normalized spacial score (nSPS) is 20.4. The zero-order valence-electron chi connectivity index (χ0n) is 18.5. The number of anilines is 1. The Balaban J connectivity index is 1.59. The van der Waals surface area contributed by atoms with E-state index in [1.807, 2.05) is 29.2 Å². The van der Waals surface area contributed by atoms with Crippen molar-refractivity contribution in [1.82, 2.24) is 10.2 Å². The van der Waals surface area contributed by atoms with Crippen LogP contribution in [0.4, 0.5) is 11.4 Å². The van der Waals surface area contributed by atoms with Gasteiger partial charge in [0.15, 0.2) is 5.92 Å². The Morgan fingerprint density at radius 1 is 1.18 bits per heavy atom. The molecule has 11 heteroatoms. The van der Waals surface area contributed by atoms with Crippen molar-refractivity contribution in [3.8, 4) is 0 Å². The quantitative estimate of drug-likeness (QED) is 0.299. The summed E-state index contributed by atoms with van der Waals surface area (Å²) in [5, 5.41) is 14.7. The number of nitrogens with one attached hydrogen (secondary N) is 1. The van der Waals surface area contributed by atoms with Gasteiger partial charge >= 0.3 is 5.97 Å². The summed E-state index contributed by atoms with van der Waals surface area (Å²) in [7, 11) is 0. The zero-order valence-corrected chi connectivity index (χ0v) is 19.3. The van der Waals surface area contributed by atoms with Gasteiger partial charge in [0.1, 0.15) is 6.04 Å². The van der Waals surface area contributed by atoms with Gasteiger partial charge in [-0.05, 0) is 36.8 Å². The van der Waals surface area contributed by atoms with Crippen LogP contribution in [0.5, 0.6) is 0 Å². The molecule has 1 saturated heterocycles. The lowest BCUT2D eigenvalue weighted by Crippen LogP contribution is -2.57. The first-order valence-electron chi connectivity index (χ1n) is 10.9. The maximum atomic E-state index is 13.0. The van der Waals surface area contributed by atoms with Gasteiger partial charge in [-0.15, -0.1) is 0 Å². The number of hydrogen-bond donors (Lipinski definition) is 1. The van der Waals surface area contributed by atoms with Crippen LogP contribution in [0.1, 0.15) is 18.5 Å². The van der Waals surface area contributed by atoms with E-state index >= 15 is 0 Å². The van der Waals surface area contributed by atoms with Crippen molar-refractivity contribution < 1.29 is 19.2 Å². The first kappa shape index (κ1) is 23.5. The predicted octanol–water partition coefficient (Wildman–Crippen LogP) is 2.78. The van der Waals surface area contributed by atoms with Gasteiger partial charge in [-0.3, -0.25) is 25.0 Å². The largest absolute Gasteiger partial charge is 0.465 e. The van der Waals surface area contributed by atoms with Gasteiger partial charge in [0, 0.05) is 49.0 Å². The Bertz CT molecular complexity index is 1110. The second-order valence-electron chi connectivity index (χ2n) is 7.92. The molecule has 0 radical (unpaired) electrons. The Labute approximate surface area is 201 Å². The molecule has 10 nitrogen and oxygen atoms in total. The van der Waals surface area contributed by atoms with E-state index in [2.05, 4.69) is 15.2 Å². The molecular weight excluding hydrogens is 462 g/mol. The lowest BCUT2D eigenvalue weighted by atomic mass is 9.91. The zero-order chi connectivity index (χ0) is 24.2. The smallest absolute Gasteiger partial charge is 0.321 e. The Morgan fingerprint density at radius 2 is 1.85 bits per heavy atom. The van der Waals surface area contributed by atoms with Crippen LogP contribution < -0.4 is 10.2 Å². The molecule has 0 spiro atoms. The number of guanidine groups is 1. The number of carbonyl (C=O) groups excluding carboxylic acids is 2. The molecule has 0 bridgehead atoms. The third-order valence-corrected chi connectivity index (χ3v) is 6.08. The van der Waals surface area contributed by atoms with Gasteiger partial charge in [0.25, 0.3) is 5.69 Å². The fourth-order valence-electron chi connectivity index (χ4n) is 4.12. The average molecular weight is 486 g/mol. The third kappa shape index (κ3) is 4.96. The highest BCUT2D eigenvalue weighted by molar-refractivity contribution is 6.30. The van der Waals surface area contributed by atoms with Crippen LogP contribution in [0.3, 0.4) is 0 Å². The van der Waals surface area contributed by atoms with E-state index in [4.69, 9.17) is 16.3 Å². The second-order valence-corrected chi connectivity index (χ2v) is 8.36. The van der Waals surface area contributed by atoms with Gasteiger partial charge in [0.2, 0.25) is 11.9 Å². The van der Waals surface area contributed by atoms with Gasteiger partial charge in [-0.25, -0.2) is 4.99 Å². The molecule has 2 aliphatic rings. The van der Waals surface area contributed by atoms with E-state index < -0.39 is 28.8 Å². The number of aliphatic imine (C=N–C) groups is 1. The van der Waals surface area contributed by atoms with Crippen molar-refractivity contribution in [3.63, 3.8) is 0 Å². The fourth-order valence-corrected chi connectivity index (χ4v) is 4.24. The van der Waals surface area contributed by atoms with E-state index in [1.165, 1.54) is 18.2 Å². The van der Waals surface area contributed by atoms with Crippen LogP contribution in [-0.2, 0) is 14.3 Å². The summed E-state index contributed by atoms with van der Waals surface area (Å²) in [5.74, 6) is -2.15.